The lowest BCUT2D eigenvalue weighted by molar-refractivity contribution is -0.385. The maximum atomic E-state index is 13.9. The molecule has 0 heterocycles. The van der Waals surface area contributed by atoms with Crippen molar-refractivity contribution in [3.05, 3.63) is 111 Å². The van der Waals surface area contributed by atoms with E-state index in [1.807, 2.05) is 0 Å². The molecule has 0 aromatic heterocycles. The predicted molar refractivity (Wildman–Crippen MR) is 168 cm³/mol. The minimum Gasteiger partial charge on any atom is -0.495 e. The van der Waals surface area contributed by atoms with Crippen LogP contribution in [0.4, 0.5) is 35.9 Å². The van der Waals surface area contributed by atoms with Gasteiger partial charge in [0.05, 0.1) is 33.1 Å². The number of alkyl halides is 3. The Labute approximate surface area is 272 Å². The van der Waals surface area contributed by atoms with Crippen molar-refractivity contribution in [3.8, 4) is 5.75 Å². The van der Waals surface area contributed by atoms with E-state index in [4.69, 9.17) is 16.3 Å². The molecule has 0 spiro atoms. The molecule has 1 amide bonds. The van der Waals surface area contributed by atoms with Crippen LogP contribution in [0.3, 0.4) is 0 Å². The number of hydrogen-bond donors (Lipinski definition) is 2. The molecule has 4 aromatic carbocycles. The molecule has 0 saturated heterocycles. The van der Waals surface area contributed by atoms with E-state index < -0.39 is 59.7 Å². The van der Waals surface area contributed by atoms with Gasteiger partial charge in [0.1, 0.15) is 12.3 Å². The molecular weight excluding hydrogens is 689 g/mol. The van der Waals surface area contributed by atoms with Crippen molar-refractivity contribution in [2.45, 2.75) is 22.9 Å². The number of carbonyl (C=O) groups is 1. The Morgan fingerprint density at radius 2 is 1.60 bits per heavy atom. The number of benzene rings is 4. The number of anilines is 3. The third kappa shape index (κ3) is 8.11. The topological polar surface area (TPSA) is 165 Å². The number of aryl methyl sites for hydroxylation is 1. The lowest BCUT2D eigenvalue weighted by Gasteiger charge is -2.26. The normalized spacial score (nSPS) is 11.9. The van der Waals surface area contributed by atoms with E-state index in [1.54, 1.807) is 0 Å². The molecule has 0 atom stereocenters. The Morgan fingerprint density at radius 1 is 0.936 bits per heavy atom. The molecule has 4 aromatic rings. The van der Waals surface area contributed by atoms with Crippen LogP contribution >= 0.6 is 11.6 Å². The number of rotatable bonds is 11. The lowest BCUT2D eigenvalue weighted by atomic mass is 10.2. The maximum absolute atomic E-state index is 13.9. The minimum absolute atomic E-state index is 0.00946. The number of nitro benzene ring substituents is 1. The van der Waals surface area contributed by atoms with Crippen molar-refractivity contribution in [2.24, 2.45) is 0 Å². The second-order valence-corrected chi connectivity index (χ2v) is 13.8. The molecule has 0 fully saturated rings. The van der Waals surface area contributed by atoms with Crippen LogP contribution in [0.25, 0.3) is 0 Å². The number of nitrogens with zero attached hydrogens (tertiary/aromatic N) is 2. The Kier molecular flexibility index (Phi) is 10.0. The highest BCUT2D eigenvalue weighted by Gasteiger charge is 2.32. The SMILES string of the molecule is COc1ccc(Cl)cc1N(CC(=O)Nc1ccc(S(=O)(=O)Nc2cccc(C(F)(F)F)c2)cc1)S(=O)(=O)c1ccc(C)c([N+](=O)[O-])c1. The van der Waals surface area contributed by atoms with E-state index >= 15 is 0 Å². The predicted octanol–water partition coefficient (Wildman–Crippen LogP) is 6.22. The standard InChI is InChI=1S/C29H24ClF3N4O8S2/c1-18-6-10-24(16-25(18)37(39)40)47(43,44)36(26-15-20(30)7-13-27(26)45-2)17-28(38)34-21-8-11-23(12-9-21)46(41,42)35-22-5-3-4-19(14-22)29(31,32)33/h3-16,35H,17H2,1-2H3,(H,34,38). The smallest absolute Gasteiger partial charge is 0.416 e. The number of ether oxygens (including phenoxy) is 1. The minimum atomic E-state index is -4.69. The van der Waals surface area contributed by atoms with Gasteiger partial charge in [-0.2, -0.15) is 13.2 Å². The second-order valence-electron chi connectivity index (χ2n) is 9.79. The lowest BCUT2D eigenvalue weighted by Crippen LogP contribution is -2.38. The number of hydrogen-bond acceptors (Lipinski definition) is 8. The Hall–Kier alpha value is -4.87. The average Bonchev–Trinajstić information content (AvgIpc) is 2.99. The van der Waals surface area contributed by atoms with Crippen molar-refractivity contribution in [1.29, 1.82) is 0 Å². The van der Waals surface area contributed by atoms with Crippen LogP contribution in [0.1, 0.15) is 11.1 Å². The van der Waals surface area contributed by atoms with E-state index in [-0.39, 0.29) is 38.3 Å². The van der Waals surface area contributed by atoms with Crippen molar-refractivity contribution in [1.82, 2.24) is 0 Å². The molecule has 4 rings (SSSR count). The van der Waals surface area contributed by atoms with Gasteiger partial charge in [0, 0.05) is 28.0 Å². The number of halogens is 4. The number of nitrogens with one attached hydrogen (secondary N) is 2. The van der Waals surface area contributed by atoms with Gasteiger partial charge >= 0.3 is 6.18 Å². The molecule has 2 N–H and O–H groups in total. The van der Waals surface area contributed by atoms with Crippen molar-refractivity contribution in [2.75, 3.05) is 28.0 Å². The van der Waals surface area contributed by atoms with Gasteiger partial charge in [0.2, 0.25) is 5.91 Å². The molecule has 0 radical (unpaired) electrons. The molecule has 0 unspecified atom stereocenters. The fourth-order valence-corrected chi connectivity index (χ4v) is 6.91. The zero-order chi connectivity index (χ0) is 34.7. The number of amides is 1. The third-order valence-electron chi connectivity index (χ3n) is 6.55. The monoisotopic (exact) mass is 712 g/mol. The van der Waals surface area contributed by atoms with Gasteiger partial charge in [-0.3, -0.25) is 23.9 Å². The van der Waals surface area contributed by atoms with E-state index in [9.17, 15) is 44.9 Å². The van der Waals surface area contributed by atoms with Crippen LogP contribution in [-0.2, 0) is 31.0 Å². The fraction of sp³-hybridized carbons (Fsp3) is 0.138. The highest BCUT2D eigenvalue weighted by molar-refractivity contribution is 7.93. The number of methoxy groups -OCH3 is 1. The van der Waals surface area contributed by atoms with Gasteiger partial charge < -0.3 is 10.1 Å². The zero-order valence-electron chi connectivity index (χ0n) is 24.3. The molecule has 0 saturated carbocycles. The van der Waals surface area contributed by atoms with Crippen molar-refractivity contribution < 1.29 is 44.5 Å². The molecule has 248 valence electrons. The van der Waals surface area contributed by atoms with Crippen LogP contribution in [-0.4, -0.2) is 41.3 Å². The van der Waals surface area contributed by atoms with E-state index in [0.717, 1.165) is 42.5 Å². The molecule has 12 nitrogen and oxygen atoms in total. The zero-order valence-corrected chi connectivity index (χ0v) is 26.7. The first kappa shape index (κ1) is 35.0. The molecule has 47 heavy (non-hydrogen) atoms. The summed E-state index contributed by atoms with van der Waals surface area (Å²) in [4.78, 5) is 23.1. The van der Waals surface area contributed by atoms with Crippen LogP contribution in [0.5, 0.6) is 5.75 Å². The van der Waals surface area contributed by atoms with Crippen LogP contribution in [0, 0.1) is 17.0 Å². The molecule has 18 heteroatoms. The van der Waals surface area contributed by atoms with Gasteiger partial charge in [-0.05, 0) is 73.7 Å². The van der Waals surface area contributed by atoms with Gasteiger partial charge in [-0.25, -0.2) is 16.8 Å². The first-order valence-corrected chi connectivity index (χ1v) is 16.4. The Morgan fingerprint density at radius 3 is 2.21 bits per heavy atom. The van der Waals surface area contributed by atoms with Crippen LogP contribution in [0.15, 0.2) is 94.7 Å². The third-order valence-corrected chi connectivity index (χ3v) is 9.94. The molecule has 0 aliphatic carbocycles. The number of carbonyl (C=O) groups excluding carboxylic acids is 1. The first-order chi connectivity index (χ1) is 21.9. The fourth-order valence-electron chi connectivity index (χ4n) is 4.25. The molecule has 0 bridgehead atoms. The summed E-state index contributed by atoms with van der Waals surface area (Å²) in [6.07, 6.45) is -4.69. The number of sulfonamides is 2. The van der Waals surface area contributed by atoms with Gasteiger partial charge in [0.25, 0.3) is 25.7 Å². The van der Waals surface area contributed by atoms with Crippen LogP contribution in [0.2, 0.25) is 5.02 Å². The highest BCUT2D eigenvalue weighted by atomic mass is 35.5. The van der Waals surface area contributed by atoms with Crippen molar-refractivity contribution in [3.63, 3.8) is 0 Å². The van der Waals surface area contributed by atoms with Gasteiger partial charge in [0.15, 0.2) is 0 Å². The molecule has 0 aliphatic heterocycles. The van der Waals surface area contributed by atoms with Gasteiger partial charge in [-0.15, -0.1) is 0 Å². The maximum Gasteiger partial charge on any atom is 0.416 e. The van der Waals surface area contributed by atoms with E-state index in [0.29, 0.717) is 10.4 Å². The average molecular weight is 713 g/mol. The van der Waals surface area contributed by atoms with E-state index in [2.05, 4.69) is 10.0 Å². The summed E-state index contributed by atoms with van der Waals surface area (Å²) in [6.45, 7) is 0.551. The summed E-state index contributed by atoms with van der Waals surface area (Å²) in [6, 6.07) is 15.4. The number of nitro groups is 1. The summed E-state index contributed by atoms with van der Waals surface area (Å²) in [7, 11) is -7.75. The Bertz CT molecular complexity index is 2060. The summed E-state index contributed by atoms with van der Waals surface area (Å²) < 4.78 is 100. The largest absolute Gasteiger partial charge is 0.495 e. The van der Waals surface area contributed by atoms with E-state index in [1.165, 1.54) is 50.4 Å². The molecule has 0 aliphatic rings. The summed E-state index contributed by atoms with van der Waals surface area (Å²) in [5.74, 6) is -0.898. The summed E-state index contributed by atoms with van der Waals surface area (Å²) in [5, 5.41) is 14.0. The Balaban J connectivity index is 1.61. The summed E-state index contributed by atoms with van der Waals surface area (Å²) in [5.41, 5.74) is -1.76. The molecular formula is C29H24ClF3N4O8S2. The summed E-state index contributed by atoms with van der Waals surface area (Å²) >= 11 is 6.13. The van der Waals surface area contributed by atoms with Crippen molar-refractivity contribution >= 4 is 60.3 Å². The first-order valence-electron chi connectivity index (χ1n) is 13.1. The van der Waals surface area contributed by atoms with Crippen LogP contribution < -0.4 is 19.1 Å². The van der Waals surface area contributed by atoms with Gasteiger partial charge in [-0.1, -0.05) is 23.7 Å². The highest BCUT2D eigenvalue weighted by Crippen LogP contribution is 2.36. The second kappa shape index (κ2) is 13.5. The quantitative estimate of drug-likeness (QED) is 0.137.